The van der Waals surface area contributed by atoms with Gasteiger partial charge >= 0.3 is 0 Å². The smallest absolute Gasteiger partial charge is 0.236 e. The molecule has 0 radical (unpaired) electrons. The number of imidazole rings is 1. The van der Waals surface area contributed by atoms with Gasteiger partial charge in [-0.25, -0.2) is 4.98 Å². The molecular formula is C34H28N4. The first kappa shape index (κ1) is 22.5. The molecule has 3 heterocycles. The SMILES string of the molecule is Cc1cc(C)c2c(c1)c1cc(C)cc(C)c1n2-c1ccn2c(-c3ccccc3)c(-c3ccccc3)nc2n1. The fraction of sp³-hybridized carbons (Fsp3) is 0.118. The summed E-state index contributed by atoms with van der Waals surface area (Å²) in [5.74, 6) is 1.56. The van der Waals surface area contributed by atoms with Gasteiger partial charge in [0.1, 0.15) is 5.82 Å². The van der Waals surface area contributed by atoms with Crippen molar-refractivity contribution in [2.75, 3.05) is 0 Å². The lowest BCUT2D eigenvalue weighted by molar-refractivity contribution is 1.02. The van der Waals surface area contributed by atoms with Crippen LogP contribution in [0.15, 0.2) is 97.2 Å². The van der Waals surface area contributed by atoms with Gasteiger partial charge in [0.25, 0.3) is 0 Å². The molecular weight excluding hydrogens is 464 g/mol. The highest BCUT2D eigenvalue weighted by atomic mass is 15.2. The number of rotatable bonds is 3. The van der Waals surface area contributed by atoms with Crippen LogP contribution in [0.1, 0.15) is 22.3 Å². The molecule has 0 aliphatic rings. The van der Waals surface area contributed by atoms with Crippen molar-refractivity contribution >= 4 is 27.6 Å². The van der Waals surface area contributed by atoms with Crippen LogP contribution in [0.4, 0.5) is 0 Å². The van der Waals surface area contributed by atoms with E-state index in [9.17, 15) is 0 Å². The Labute approximate surface area is 221 Å². The second-order valence-electron chi connectivity index (χ2n) is 10.3. The van der Waals surface area contributed by atoms with Crippen LogP contribution in [-0.2, 0) is 0 Å². The van der Waals surface area contributed by atoms with Gasteiger partial charge in [0.2, 0.25) is 5.78 Å². The summed E-state index contributed by atoms with van der Waals surface area (Å²) in [5, 5.41) is 2.54. The minimum atomic E-state index is 0.685. The number of hydrogen-bond acceptors (Lipinski definition) is 2. The first-order valence-electron chi connectivity index (χ1n) is 13.0. The predicted molar refractivity (Wildman–Crippen MR) is 157 cm³/mol. The Bertz CT molecular complexity index is 1930. The third-order valence-electron chi connectivity index (χ3n) is 7.43. The number of hydrogen-bond donors (Lipinski definition) is 0. The van der Waals surface area contributed by atoms with Crippen LogP contribution in [0.3, 0.4) is 0 Å². The van der Waals surface area contributed by atoms with Crippen LogP contribution < -0.4 is 0 Å². The lowest BCUT2D eigenvalue weighted by Gasteiger charge is -2.11. The maximum atomic E-state index is 5.19. The summed E-state index contributed by atoms with van der Waals surface area (Å²) in [4.78, 5) is 10.3. The van der Waals surface area contributed by atoms with Gasteiger partial charge in [-0.3, -0.25) is 8.97 Å². The summed E-state index contributed by atoms with van der Waals surface area (Å²) in [6, 6.07) is 32.1. The third kappa shape index (κ3) is 3.37. The second-order valence-corrected chi connectivity index (χ2v) is 10.3. The van der Waals surface area contributed by atoms with Crippen molar-refractivity contribution in [1.82, 2.24) is 18.9 Å². The fourth-order valence-electron chi connectivity index (χ4n) is 5.98. The molecule has 0 atom stereocenters. The summed E-state index contributed by atoms with van der Waals surface area (Å²) in [5.41, 5.74) is 11.6. The highest BCUT2D eigenvalue weighted by Crippen LogP contribution is 2.37. The Morgan fingerprint density at radius 3 is 1.71 bits per heavy atom. The molecule has 38 heavy (non-hydrogen) atoms. The van der Waals surface area contributed by atoms with Crippen molar-refractivity contribution in [3.63, 3.8) is 0 Å². The average molecular weight is 493 g/mol. The molecule has 0 unspecified atom stereocenters. The van der Waals surface area contributed by atoms with Crippen molar-refractivity contribution in [3.8, 4) is 28.3 Å². The van der Waals surface area contributed by atoms with Crippen molar-refractivity contribution in [2.24, 2.45) is 0 Å². The van der Waals surface area contributed by atoms with E-state index in [0.717, 1.165) is 28.3 Å². The van der Waals surface area contributed by atoms with Crippen molar-refractivity contribution in [2.45, 2.75) is 27.7 Å². The summed E-state index contributed by atoms with van der Waals surface area (Å²) in [7, 11) is 0. The number of fused-ring (bicyclic) bond motifs is 4. The summed E-state index contributed by atoms with van der Waals surface area (Å²) < 4.78 is 4.44. The minimum absolute atomic E-state index is 0.685. The van der Waals surface area contributed by atoms with E-state index in [0.29, 0.717) is 5.78 Å². The molecule has 4 heteroatoms. The van der Waals surface area contributed by atoms with Crippen LogP contribution in [0.5, 0.6) is 0 Å². The fourth-order valence-corrected chi connectivity index (χ4v) is 5.98. The summed E-state index contributed by atoms with van der Waals surface area (Å²) in [6.07, 6.45) is 2.12. The molecule has 4 nitrogen and oxygen atoms in total. The summed E-state index contributed by atoms with van der Waals surface area (Å²) >= 11 is 0. The third-order valence-corrected chi connectivity index (χ3v) is 7.43. The molecule has 0 aliphatic heterocycles. The second kappa shape index (κ2) is 8.42. The van der Waals surface area contributed by atoms with Gasteiger partial charge in [0.15, 0.2) is 0 Å². The van der Waals surface area contributed by atoms with E-state index < -0.39 is 0 Å². The van der Waals surface area contributed by atoms with E-state index in [-0.39, 0.29) is 0 Å². The number of nitrogens with zero attached hydrogens (tertiary/aromatic N) is 4. The quantitative estimate of drug-likeness (QED) is 0.248. The monoisotopic (exact) mass is 492 g/mol. The van der Waals surface area contributed by atoms with Gasteiger partial charge in [0, 0.05) is 28.1 Å². The maximum absolute atomic E-state index is 5.19. The van der Waals surface area contributed by atoms with Crippen molar-refractivity contribution < 1.29 is 0 Å². The molecule has 184 valence electrons. The topological polar surface area (TPSA) is 35.1 Å². The van der Waals surface area contributed by atoms with Crippen LogP contribution >= 0.6 is 0 Å². The summed E-state index contributed by atoms with van der Waals surface area (Å²) in [6.45, 7) is 8.73. The molecule has 0 fully saturated rings. The number of aryl methyl sites for hydroxylation is 4. The molecule has 7 rings (SSSR count). The van der Waals surface area contributed by atoms with Crippen LogP contribution in [0.2, 0.25) is 0 Å². The van der Waals surface area contributed by atoms with Crippen LogP contribution in [0, 0.1) is 27.7 Å². The van der Waals surface area contributed by atoms with E-state index >= 15 is 0 Å². The largest absolute Gasteiger partial charge is 0.293 e. The van der Waals surface area contributed by atoms with E-state index in [1.807, 2.05) is 12.1 Å². The lowest BCUT2D eigenvalue weighted by Crippen LogP contribution is -2.02. The molecule has 0 spiro atoms. The zero-order valence-electron chi connectivity index (χ0n) is 22.0. The highest BCUT2D eigenvalue weighted by molar-refractivity contribution is 6.11. The van der Waals surface area contributed by atoms with Crippen molar-refractivity contribution in [3.05, 3.63) is 119 Å². The molecule has 0 saturated heterocycles. The Hall–Kier alpha value is -4.70. The Morgan fingerprint density at radius 1 is 0.579 bits per heavy atom. The molecule has 0 saturated carbocycles. The maximum Gasteiger partial charge on any atom is 0.236 e. The van der Waals surface area contributed by atoms with Gasteiger partial charge in [-0.1, -0.05) is 83.9 Å². The standard InChI is InChI=1S/C34H28N4/c1-21-17-23(3)31-27(19-21)28-20-22(2)18-24(4)32(28)38(31)29-15-16-37-33(26-13-9-6-10-14-26)30(36-34(37)35-29)25-11-7-5-8-12-25/h5-20H,1-4H3. The zero-order chi connectivity index (χ0) is 26.0. The highest BCUT2D eigenvalue weighted by Gasteiger charge is 2.21. The van der Waals surface area contributed by atoms with Gasteiger partial charge in [-0.2, -0.15) is 4.98 Å². The first-order chi connectivity index (χ1) is 18.5. The normalized spacial score (nSPS) is 11.7. The van der Waals surface area contributed by atoms with E-state index in [1.165, 1.54) is 44.1 Å². The Balaban J connectivity index is 1.56. The average Bonchev–Trinajstić information content (AvgIpc) is 3.46. The number of aromatic nitrogens is 4. The van der Waals surface area contributed by atoms with E-state index in [4.69, 9.17) is 9.97 Å². The zero-order valence-corrected chi connectivity index (χ0v) is 22.0. The van der Waals surface area contributed by atoms with Crippen LogP contribution in [0.25, 0.3) is 55.9 Å². The number of benzene rings is 4. The molecule has 0 N–H and O–H groups in total. The van der Waals surface area contributed by atoms with Crippen molar-refractivity contribution in [1.29, 1.82) is 0 Å². The first-order valence-corrected chi connectivity index (χ1v) is 13.0. The van der Waals surface area contributed by atoms with Gasteiger partial charge < -0.3 is 0 Å². The molecule has 0 aliphatic carbocycles. The van der Waals surface area contributed by atoms with Gasteiger partial charge in [-0.15, -0.1) is 0 Å². The Kier molecular flexibility index (Phi) is 4.98. The molecule has 4 aromatic carbocycles. The van der Waals surface area contributed by atoms with Crippen LogP contribution in [-0.4, -0.2) is 18.9 Å². The lowest BCUT2D eigenvalue weighted by atomic mass is 10.0. The molecule has 7 aromatic rings. The van der Waals surface area contributed by atoms with Gasteiger partial charge in [0.05, 0.1) is 22.4 Å². The molecule has 3 aromatic heterocycles. The Morgan fingerprint density at radius 2 is 1.13 bits per heavy atom. The van der Waals surface area contributed by atoms with Gasteiger partial charge in [-0.05, 0) is 57.0 Å². The molecule has 0 amide bonds. The van der Waals surface area contributed by atoms with E-state index in [1.54, 1.807) is 0 Å². The predicted octanol–water partition coefficient (Wildman–Crippen LogP) is 8.39. The van der Waals surface area contributed by atoms with E-state index in [2.05, 4.69) is 122 Å². The molecule has 0 bridgehead atoms. The minimum Gasteiger partial charge on any atom is -0.293 e.